The third-order valence-electron chi connectivity index (χ3n) is 3.76. The van der Waals surface area contributed by atoms with E-state index in [4.69, 9.17) is 16.3 Å². The maximum Gasteiger partial charge on any atom is 0.421 e. The summed E-state index contributed by atoms with van der Waals surface area (Å²) < 4.78 is 5.39. The molecule has 0 aliphatic carbocycles. The largest absolute Gasteiger partial charge is 0.443 e. The van der Waals surface area contributed by atoms with Crippen molar-refractivity contribution in [2.24, 2.45) is 0 Å². The van der Waals surface area contributed by atoms with Gasteiger partial charge >= 0.3 is 6.09 Å². The second-order valence-corrected chi connectivity index (χ2v) is 7.23. The molecule has 0 N–H and O–H groups in total. The Morgan fingerprint density at radius 3 is 2.25 bits per heavy atom. The van der Waals surface area contributed by atoms with Gasteiger partial charge in [-0.2, -0.15) is 0 Å². The van der Waals surface area contributed by atoms with E-state index < -0.39 is 22.5 Å². The molecule has 4 nitrogen and oxygen atoms in total. The minimum absolute atomic E-state index is 0.454. The highest BCUT2D eigenvalue weighted by Gasteiger charge is 2.53. The number of amides is 2. The summed E-state index contributed by atoms with van der Waals surface area (Å²) in [5.41, 5.74) is 0.941. The van der Waals surface area contributed by atoms with Gasteiger partial charge in [-0.3, -0.25) is 4.79 Å². The Kier molecular flexibility index (Phi) is 3.88. The van der Waals surface area contributed by atoms with E-state index >= 15 is 0 Å². The number of fused-ring (bicyclic) bond motifs is 1. The van der Waals surface area contributed by atoms with Crippen molar-refractivity contribution in [2.75, 3.05) is 4.90 Å². The molecule has 1 heterocycles. The van der Waals surface area contributed by atoms with E-state index in [2.05, 4.69) is 0 Å². The molecule has 2 amide bonds. The number of anilines is 1. The van der Waals surface area contributed by atoms with Gasteiger partial charge in [0.1, 0.15) is 5.60 Å². The molecule has 0 unspecified atom stereocenters. The predicted octanol–water partition coefficient (Wildman–Crippen LogP) is 4.45. The number of imide groups is 1. The van der Waals surface area contributed by atoms with Crippen LogP contribution in [0.15, 0.2) is 54.6 Å². The third kappa shape index (κ3) is 2.57. The summed E-state index contributed by atoms with van der Waals surface area (Å²) in [7, 11) is 0. The number of nitrogens with zero attached hydrogens (tertiary/aromatic N) is 1. The zero-order valence-corrected chi connectivity index (χ0v) is 14.5. The summed E-state index contributed by atoms with van der Waals surface area (Å²) in [6.07, 6.45) is -0.724. The second kappa shape index (κ2) is 5.64. The van der Waals surface area contributed by atoms with Crippen LogP contribution in [0.5, 0.6) is 0 Å². The highest BCUT2D eigenvalue weighted by molar-refractivity contribution is 6.44. The van der Waals surface area contributed by atoms with Gasteiger partial charge in [-0.25, -0.2) is 9.69 Å². The minimum Gasteiger partial charge on any atom is -0.443 e. The van der Waals surface area contributed by atoms with Gasteiger partial charge in [-0.05, 0) is 32.4 Å². The Labute approximate surface area is 146 Å². The van der Waals surface area contributed by atoms with E-state index in [0.29, 0.717) is 16.8 Å². The number of alkyl halides is 1. The topological polar surface area (TPSA) is 46.6 Å². The van der Waals surface area contributed by atoms with E-state index in [0.717, 1.165) is 4.90 Å². The van der Waals surface area contributed by atoms with Gasteiger partial charge in [-0.1, -0.05) is 60.1 Å². The minimum atomic E-state index is -1.44. The van der Waals surface area contributed by atoms with Crippen molar-refractivity contribution in [3.63, 3.8) is 0 Å². The molecule has 0 saturated carbocycles. The molecule has 0 saturated heterocycles. The van der Waals surface area contributed by atoms with E-state index in [1.54, 1.807) is 57.2 Å². The number of halogens is 1. The molecule has 2 aromatic carbocycles. The van der Waals surface area contributed by atoms with Crippen molar-refractivity contribution in [1.29, 1.82) is 0 Å². The quantitative estimate of drug-likeness (QED) is 0.718. The first-order chi connectivity index (χ1) is 11.2. The van der Waals surface area contributed by atoms with Gasteiger partial charge in [0.05, 0.1) is 5.69 Å². The predicted molar refractivity (Wildman–Crippen MR) is 93.2 cm³/mol. The normalized spacial score (nSPS) is 20.0. The fraction of sp³-hybridized carbons (Fsp3) is 0.263. The first kappa shape index (κ1) is 16.5. The SMILES string of the molecule is CC(C)(C)OC(=O)N1C(=O)[C@](Cl)(c2ccccc2)c2ccccc21. The van der Waals surface area contributed by atoms with Gasteiger partial charge in [0, 0.05) is 5.56 Å². The number of hydrogen-bond acceptors (Lipinski definition) is 3. The first-order valence-corrected chi connectivity index (χ1v) is 8.04. The molecule has 1 atom stereocenters. The Bertz CT molecular complexity index is 798. The number of carbonyl (C=O) groups excluding carboxylic acids is 2. The molecule has 0 aromatic heterocycles. The first-order valence-electron chi connectivity index (χ1n) is 7.66. The number of para-hydroxylation sites is 1. The van der Waals surface area contributed by atoms with Gasteiger partial charge in [0.15, 0.2) is 4.87 Å². The average Bonchev–Trinajstić information content (AvgIpc) is 2.76. The standard InChI is InChI=1S/C19H18ClNO3/c1-18(2,3)24-17(23)21-15-12-8-7-11-14(15)19(20,16(21)22)13-9-5-4-6-10-13/h4-12H,1-3H3/t19-/m0/s1. The number of carbonyl (C=O) groups is 2. The van der Waals surface area contributed by atoms with Crippen LogP contribution in [0.2, 0.25) is 0 Å². The lowest BCUT2D eigenvalue weighted by Gasteiger charge is -2.25. The number of hydrogen-bond donors (Lipinski definition) is 0. The fourth-order valence-corrected chi connectivity index (χ4v) is 3.14. The molecular weight excluding hydrogens is 326 g/mol. The molecule has 2 aromatic rings. The lowest BCUT2D eigenvalue weighted by Crippen LogP contribution is -2.43. The number of ether oxygens (including phenoxy) is 1. The molecule has 3 rings (SSSR count). The molecule has 124 valence electrons. The van der Waals surface area contributed by atoms with Crippen LogP contribution in [0.4, 0.5) is 10.5 Å². The van der Waals surface area contributed by atoms with Crippen molar-refractivity contribution in [3.8, 4) is 0 Å². The number of benzene rings is 2. The van der Waals surface area contributed by atoms with Crippen molar-refractivity contribution in [1.82, 2.24) is 0 Å². The van der Waals surface area contributed by atoms with E-state index in [9.17, 15) is 9.59 Å². The number of rotatable bonds is 1. The Morgan fingerprint density at radius 1 is 1.04 bits per heavy atom. The van der Waals surface area contributed by atoms with Crippen LogP contribution in [0.25, 0.3) is 0 Å². The maximum atomic E-state index is 13.1. The molecule has 0 spiro atoms. The van der Waals surface area contributed by atoms with Crippen LogP contribution in [-0.2, 0) is 14.4 Å². The summed E-state index contributed by atoms with van der Waals surface area (Å²) in [5, 5.41) is 0. The van der Waals surface area contributed by atoms with Gasteiger partial charge < -0.3 is 4.74 Å². The van der Waals surface area contributed by atoms with Crippen LogP contribution < -0.4 is 4.90 Å². The molecule has 1 aliphatic heterocycles. The lowest BCUT2D eigenvalue weighted by molar-refractivity contribution is -0.119. The third-order valence-corrected chi connectivity index (χ3v) is 4.35. The Balaban J connectivity index is 2.13. The van der Waals surface area contributed by atoms with Crippen LogP contribution >= 0.6 is 11.6 Å². The van der Waals surface area contributed by atoms with Crippen molar-refractivity contribution >= 4 is 29.3 Å². The highest BCUT2D eigenvalue weighted by Crippen LogP contribution is 2.49. The summed E-state index contributed by atoms with van der Waals surface area (Å²) in [6.45, 7) is 5.26. The van der Waals surface area contributed by atoms with E-state index in [-0.39, 0.29) is 0 Å². The van der Waals surface area contributed by atoms with E-state index in [1.807, 2.05) is 18.2 Å². The second-order valence-electron chi connectivity index (χ2n) is 6.66. The fourth-order valence-electron chi connectivity index (χ4n) is 2.77. The van der Waals surface area contributed by atoms with Gasteiger partial charge in [0.25, 0.3) is 5.91 Å². The Hall–Kier alpha value is -2.33. The summed E-state index contributed by atoms with van der Waals surface area (Å²) >= 11 is 6.79. The monoisotopic (exact) mass is 343 g/mol. The molecule has 24 heavy (non-hydrogen) atoms. The molecule has 0 radical (unpaired) electrons. The lowest BCUT2D eigenvalue weighted by atomic mass is 9.92. The van der Waals surface area contributed by atoms with E-state index in [1.165, 1.54) is 0 Å². The van der Waals surface area contributed by atoms with Crippen molar-refractivity contribution in [2.45, 2.75) is 31.2 Å². The smallest absolute Gasteiger partial charge is 0.421 e. The average molecular weight is 344 g/mol. The maximum absolute atomic E-state index is 13.1. The highest BCUT2D eigenvalue weighted by atomic mass is 35.5. The molecule has 5 heteroatoms. The Morgan fingerprint density at radius 2 is 1.62 bits per heavy atom. The molecule has 0 bridgehead atoms. The molecule has 1 aliphatic rings. The van der Waals surface area contributed by atoms with Gasteiger partial charge in [0.2, 0.25) is 0 Å². The summed E-state index contributed by atoms with van der Waals surface area (Å²) in [4.78, 5) is 25.3. The van der Waals surface area contributed by atoms with Crippen molar-refractivity contribution in [3.05, 3.63) is 65.7 Å². The summed E-state index contributed by atoms with van der Waals surface area (Å²) in [6, 6.07) is 16.0. The van der Waals surface area contributed by atoms with Crippen LogP contribution in [0, 0.1) is 0 Å². The zero-order chi connectivity index (χ0) is 17.5. The van der Waals surface area contributed by atoms with Crippen molar-refractivity contribution < 1.29 is 14.3 Å². The van der Waals surface area contributed by atoms with Crippen LogP contribution in [-0.4, -0.2) is 17.6 Å². The summed E-state index contributed by atoms with van der Waals surface area (Å²) in [5.74, 6) is -0.522. The van der Waals surface area contributed by atoms with Crippen LogP contribution in [0.3, 0.4) is 0 Å². The zero-order valence-electron chi connectivity index (χ0n) is 13.7. The van der Waals surface area contributed by atoms with Crippen LogP contribution in [0.1, 0.15) is 31.9 Å². The molecule has 0 fully saturated rings. The molecular formula is C19H18ClNO3. The van der Waals surface area contributed by atoms with Gasteiger partial charge in [-0.15, -0.1) is 0 Å².